The molecule has 0 saturated carbocycles. The lowest BCUT2D eigenvalue weighted by molar-refractivity contribution is 0.0476. The van der Waals surface area contributed by atoms with Gasteiger partial charge in [-0.3, -0.25) is 0 Å². The van der Waals surface area contributed by atoms with Gasteiger partial charge >= 0.3 is 0 Å². The van der Waals surface area contributed by atoms with Gasteiger partial charge in [-0.05, 0) is 31.5 Å². The number of nitrogens with one attached hydrogen (secondary N) is 1. The third-order valence-electron chi connectivity index (χ3n) is 2.97. The van der Waals surface area contributed by atoms with Gasteiger partial charge in [0.1, 0.15) is 18.5 Å². The number of hydrogen-bond acceptors (Lipinski definition) is 4. The van der Waals surface area contributed by atoms with Crippen molar-refractivity contribution >= 4 is 23.2 Å². The molecule has 1 aromatic rings. The summed E-state index contributed by atoms with van der Waals surface area (Å²) in [7, 11) is 0. The summed E-state index contributed by atoms with van der Waals surface area (Å²) in [5.41, 5.74) is -0.764. The van der Waals surface area contributed by atoms with Crippen LogP contribution in [0.2, 0.25) is 10.0 Å². The van der Waals surface area contributed by atoms with E-state index in [-0.39, 0.29) is 6.61 Å². The van der Waals surface area contributed by atoms with Crippen molar-refractivity contribution in [1.29, 1.82) is 0 Å². The zero-order chi connectivity index (χ0) is 15.2. The second-order valence-corrected chi connectivity index (χ2v) is 5.86. The van der Waals surface area contributed by atoms with Gasteiger partial charge in [-0.25, -0.2) is 0 Å². The molecule has 0 bridgehead atoms. The third kappa shape index (κ3) is 6.29. The van der Waals surface area contributed by atoms with Gasteiger partial charge in [-0.1, -0.05) is 30.1 Å². The molecule has 1 rings (SSSR count). The molecule has 114 valence electrons. The highest BCUT2D eigenvalue weighted by Crippen LogP contribution is 2.27. The number of benzene rings is 1. The molecule has 0 saturated heterocycles. The van der Waals surface area contributed by atoms with Crippen molar-refractivity contribution in [3.8, 4) is 5.75 Å². The van der Waals surface area contributed by atoms with Crippen LogP contribution in [0, 0.1) is 0 Å². The Balaban J connectivity index is 2.31. The molecule has 2 unspecified atom stereocenters. The minimum Gasteiger partial charge on any atom is -0.489 e. The zero-order valence-electron chi connectivity index (χ0n) is 11.7. The molecule has 1 aromatic carbocycles. The zero-order valence-corrected chi connectivity index (χ0v) is 13.2. The second-order valence-electron chi connectivity index (χ2n) is 5.02. The number of ether oxygens (including phenoxy) is 1. The van der Waals surface area contributed by atoms with Crippen LogP contribution in [-0.4, -0.2) is 41.6 Å². The van der Waals surface area contributed by atoms with Gasteiger partial charge in [0, 0.05) is 18.1 Å². The van der Waals surface area contributed by atoms with E-state index in [2.05, 4.69) is 5.32 Å². The van der Waals surface area contributed by atoms with Gasteiger partial charge in [-0.15, -0.1) is 0 Å². The van der Waals surface area contributed by atoms with E-state index in [1.807, 2.05) is 6.92 Å². The van der Waals surface area contributed by atoms with Gasteiger partial charge < -0.3 is 20.3 Å². The van der Waals surface area contributed by atoms with Gasteiger partial charge in [0.15, 0.2) is 0 Å². The smallest absolute Gasteiger partial charge is 0.138 e. The minimum absolute atomic E-state index is 0.114. The van der Waals surface area contributed by atoms with Crippen molar-refractivity contribution in [2.45, 2.75) is 32.0 Å². The first-order valence-electron chi connectivity index (χ1n) is 6.53. The number of aliphatic hydroxyl groups is 2. The van der Waals surface area contributed by atoms with E-state index in [1.54, 1.807) is 25.1 Å². The van der Waals surface area contributed by atoms with Crippen molar-refractivity contribution in [3.63, 3.8) is 0 Å². The Morgan fingerprint density at radius 3 is 2.70 bits per heavy atom. The number of rotatable bonds is 8. The molecule has 6 heteroatoms. The lowest BCUT2D eigenvalue weighted by atomic mass is 10.0. The fourth-order valence-electron chi connectivity index (χ4n) is 1.47. The Kier molecular flexibility index (Phi) is 7.06. The van der Waals surface area contributed by atoms with E-state index in [9.17, 15) is 10.2 Å². The van der Waals surface area contributed by atoms with Gasteiger partial charge in [0.25, 0.3) is 0 Å². The van der Waals surface area contributed by atoms with Gasteiger partial charge in [0.05, 0.1) is 10.6 Å². The van der Waals surface area contributed by atoms with Crippen LogP contribution < -0.4 is 10.1 Å². The van der Waals surface area contributed by atoms with Crippen molar-refractivity contribution in [2.24, 2.45) is 0 Å². The maximum absolute atomic E-state index is 9.80. The highest BCUT2D eigenvalue weighted by atomic mass is 35.5. The largest absolute Gasteiger partial charge is 0.489 e. The lowest BCUT2D eigenvalue weighted by Crippen LogP contribution is -2.41. The maximum Gasteiger partial charge on any atom is 0.138 e. The van der Waals surface area contributed by atoms with E-state index in [1.165, 1.54) is 0 Å². The highest BCUT2D eigenvalue weighted by molar-refractivity contribution is 6.35. The lowest BCUT2D eigenvalue weighted by Gasteiger charge is -2.22. The Morgan fingerprint density at radius 1 is 1.40 bits per heavy atom. The molecule has 0 heterocycles. The number of hydrogen-bond donors (Lipinski definition) is 3. The summed E-state index contributed by atoms with van der Waals surface area (Å²) in [5, 5.41) is 23.5. The molecule has 20 heavy (non-hydrogen) atoms. The molecular weight excluding hydrogens is 301 g/mol. The maximum atomic E-state index is 9.80. The molecule has 0 aromatic heterocycles. The Labute approximate surface area is 129 Å². The quantitative estimate of drug-likeness (QED) is 0.688. The van der Waals surface area contributed by atoms with Crippen LogP contribution >= 0.6 is 23.2 Å². The monoisotopic (exact) mass is 321 g/mol. The number of aliphatic hydroxyl groups excluding tert-OH is 1. The van der Waals surface area contributed by atoms with Crippen molar-refractivity contribution < 1.29 is 14.9 Å². The summed E-state index contributed by atoms with van der Waals surface area (Å²) < 4.78 is 5.42. The van der Waals surface area contributed by atoms with Crippen LogP contribution in [0.5, 0.6) is 5.75 Å². The van der Waals surface area contributed by atoms with Crippen LogP contribution in [0.1, 0.15) is 20.3 Å². The van der Waals surface area contributed by atoms with Crippen molar-refractivity contribution in [1.82, 2.24) is 5.32 Å². The Morgan fingerprint density at radius 2 is 2.10 bits per heavy atom. The first kappa shape index (κ1) is 17.5. The van der Waals surface area contributed by atoms with Crippen LogP contribution in [0.25, 0.3) is 0 Å². The third-order valence-corrected chi connectivity index (χ3v) is 3.50. The molecule has 4 nitrogen and oxygen atoms in total. The van der Waals surface area contributed by atoms with E-state index in [0.717, 1.165) is 0 Å². The first-order chi connectivity index (χ1) is 9.34. The van der Waals surface area contributed by atoms with Crippen LogP contribution in [0.15, 0.2) is 18.2 Å². The second kappa shape index (κ2) is 8.05. The molecular formula is C14H21Cl2NO3. The standard InChI is InChI=1S/C14H21Cl2NO3/c1-3-14(2,19)9-17-7-11(18)8-20-13-5-4-10(15)6-12(13)16/h4-6,11,17-19H,3,7-9H2,1-2H3. The molecule has 0 fully saturated rings. The molecule has 0 aliphatic carbocycles. The predicted octanol–water partition coefficient (Wildman–Crippen LogP) is 2.48. The molecule has 0 aliphatic rings. The van der Waals surface area contributed by atoms with E-state index >= 15 is 0 Å². The highest BCUT2D eigenvalue weighted by Gasteiger charge is 2.17. The summed E-state index contributed by atoms with van der Waals surface area (Å²) in [6.07, 6.45) is -0.0399. The molecule has 2 atom stereocenters. The summed E-state index contributed by atoms with van der Waals surface area (Å²) in [5.74, 6) is 0.482. The minimum atomic E-state index is -0.764. The van der Waals surface area contributed by atoms with Crippen LogP contribution in [-0.2, 0) is 0 Å². The summed E-state index contributed by atoms with van der Waals surface area (Å²) >= 11 is 11.7. The SMILES string of the molecule is CCC(C)(O)CNCC(O)COc1ccc(Cl)cc1Cl. The van der Waals surface area contributed by atoms with Gasteiger partial charge in [0.2, 0.25) is 0 Å². The molecule has 0 radical (unpaired) electrons. The van der Waals surface area contributed by atoms with Crippen LogP contribution in [0.4, 0.5) is 0 Å². The number of halogens is 2. The summed E-state index contributed by atoms with van der Waals surface area (Å²) in [6.45, 7) is 4.52. The fourth-order valence-corrected chi connectivity index (χ4v) is 1.93. The van der Waals surface area contributed by atoms with E-state index in [0.29, 0.717) is 35.3 Å². The average molecular weight is 322 g/mol. The molecule has 3 N–H and O–H groups in total. The van der Waals surface area contributed by atoms with Crippen molar-refractivity contribution in [3.05, 3.63) is 28.2 Å². The van der Waals surface area contributed by atoms with Gasteiger partial charge in [-0.2, -0.15) is 0 Å². The molecule has 0 spiro atoms. The molecule has 0 aliphatic heterocycles. The summed E-state index contributed by atoms with van der Waals surface area (Å²) in [6, 6.07) is 4.92. The topological polar surface area (TPSA) is 61.7 Å². The van der Waals surface area contributed by atoms with E-state index < -0.39 is 11.7 Å². The Hall–Kier alpha value is -0.520. The van der Waals surface area contributed by atoms with E-state index in [4.69, 9.17) is 27.9 Å². The Bertz CT molecular complexity index is 427. The predicted molar refractivity (Wildman–Crippen MR) is 81.7 cm³/mol. The summed E-state index contributed by atoms with van der Waals surface area (Å²) in [4.78, 5) is 0. The fraction of sp³-hybridized carbons (Fsp3) is 0.571. The average Bonchev–Trinajstić information content (AvgIpc) is 2.37. The van der Waals surface area contributed by atoms with Crippen LogP contribution in [0.3, 0.4) is 0 Å². The van der Waals surface area contributed by atoms with Crippen molar-refractivity contribution in [2.75, 3.05) is 19.7 Å². The first-order valence-corrected chi connectivity index (χ1v) is 7.28. The molecule has 0 amide bonds. The normalized spacial score (nSPS) is 15.7.